The van der Waals surface area contributed by atoms with E-state index in [0.717, 1.165) is 17.7 Å². The van der Waals surface area contributed by atoms with E-state index in [0.29, 0.717) is 6.07 Å². The normalized spacial score (nSPS) is 12.3. The van der Waals surface area contributed by atoms with Crippen LogP contribution in [0.4, 0.5) is 18.9 Å². The molecule has 0 amide bonds. The monoisotopic (exact) mass is 427 g/mol. The molecule has 0 heterocycles. The molecule has 0 spiro atoms. The first-order chi connectivity index (χ1) is 10.5. The summed E-state index contributed by atoms with van der Waals surface area (Å²) >= 11 is 8.70. The Morgan fingerprint density at radius 3 is 2.35 bits per heavy atom. The quantitative estimate of drug-likeness (QED) is 0.727. The maximum Gasteiger partial charge on any atom is 0.417 e. The predicted molar refractivity (Wildman–Crippen MR) is 86.1 cm³/mol. The van der Waals surface area contributed by atoms with Gasteiger partial charge in [0.2, 0.25) is 0 Å². The van der Waals surface area contributed by atoms with E-state index in [-0.39, 0.29) is 15.2 Å². The van der Waals surface area contributed by atoms with E-state index in [1.807, 2.05) is 0 Å². The van der Waals surface area contributed by atoms with Crippen LogP contribution in [0.15, 0.2) is 45.8 Å². The molecule has 0 aromatic heterocycles. The largest absolute Gasteiger partial charge is 0.417 e. The minimum Gasteiger partial charge on any atom is -0.278 e. The number of aryl methyl sites for hydroxylation is 1. The Labute approximate surface area is 144 Å². The molecule has 124 valence electrons. The Kier molecular flexibility index (Phi) is 4.98. The van der Waals surface area contributed by atoms with Gasteiger partial charge in [-0.25, -0.2) is 8.42 Å². The number of sulfonamides is 1. The third-order valence-electron chi connectivity index (χ3n) is 2.92. The van der Waals surface area contributed by atoms with Crippen LogP contribution in [-0.2, 0) is 16.2 Å². The molecule has 0 saturated heterocycles. The molecule has 0 aliphatic heterocycles. The lowest BCUT2D eigenvalue weighted by molar-refractivity contribution is -0.138. The molecule has 0 unspecified atom stereocenters. The van der Waals surface area contributed by atoms with Crippen molar-refractivity contribution >= 4 is 43.2 Å². The minimum atomic E-state index is -4.67. The zero-order valence-electron chi connectivity index (χ0n) is 11.6. The topological polar surface area (TPSA) is 46.2 Å². The number of halogens is 5. The van der Waals surface area contributed by atoms with Crippen molar-refractivity contribution in [3.05, 3.63) is 57.0 Å². The number of nitrogens with one attached hydrogen (secondary N) is 1. The summed E-state index contributed by atoms with van der Waals surface area (Å²) in [6.07, 6.45) is -4.67. The highest BCUT2D eigenvalue weighted by molar-refractivity contribution is 9.10. The second-order valence-electron chi connectivity index (χ2n) is 4.73. The molecule has 0 atom stereocenters. The van der Waals surface area contributed by atoms with Gasteiger partial charge in [-0.05, 0) is 42.8 Å². The van der Waals surface area contributed by atoms with Gasteiger partial charge in [0.15, 0.2) is 0 Å². The highest BCUT2D eigenvalue weighted by Crippen LogP contribution is 2.36. The van der Waals surface area contributed by atoms with Crippen molar-refractivity contribution in [3.8, 4) is 0 Å². The number of benzene rings is 2. The lowest BCUT2D eigenvalue weighted by Gasteiger charge is -2.13. The van der Waals surface area contributed by atoms with Crippen molar-refractivity contribution in [1.82, 2.24) is 0 Å². The van der Waals surface area contributed by atoms with Crippen molar-refractivity contribution in [3.63, 3.8) is 0 Å². The first-order valence-electron chi connectivity index (χ1n) is 6.16. The maximum absolute atomic E-state index is 12.9. The van der Waals surface area contributed by atoms with Gasteiger partial charge in [0.05, 0.1) is 21.2 Å². The highest BCUT2D eigenvalue weighted by atomic mass is 79.9. The van der Waals surface area contributed by atoms with E-state index < -0.39 is 26.7 Å². The molecule has 1 N–H and O–H groups in total. The summed E-state index contributed by atoms with van der Waals surface area (Å²) in [5.74, 6) is 0. The van der Waals surface area contributed by atoms with Crippen molar-refractivity contribution in [1.29, 1.82) is 0 Å². The average Bonchev–Trinajstić information content (AvgIpc) is 2.41. The second-order valence-corrected chi connectivity index (χ2v) is 7.67. The molecule has 0 radical (unpaired) electrons. The minimum absolute atomic E-state index is 0.0914. The Morgan fingerprint density at radius 1 is 1.13 bits per heavy atom. The van der Waals surface area contributed by atoms with Crippen LogP contribution in [0.5, 0.6) is 0 Å². The van der Waals surface area contributed by atoms with E-state index in [4.69, 9.17) is 11.6 Å². The van der Waals surface area contributed by atoms with Crippen LogP contribution in [0, 0.1) is 6.92 Å². The van der Waals surface area contributed by atoms with Crippen LogP contribution in [0.2, 0.25) is 5.02 Å². The lowest BCUT2D eigenvalue weighted by atomic mass is 10.2. The van der Waals surface area contributed by atoms with Crippen LogP contribution < -0.4 is 4.72 Å². The molecule has 0 fully saturated rings. The molecule has 0 bridgehead atoms. The van der Waals surface area contributed by atoms with E-state index in [1.54, 1.807) is 19.1 Å². The number of hydrogen-bond acceptors (Lipinski definition) is 2. The molecule has 0 saturated carbocycles. The van der Waals surface area contributed by atoms with Gasteiger partial charge in [0.25, 0.3) is 10.0 Å². The van der Waals surface area contributed by atoms with Crippen LogP contribution in [-0.4, -0.2) is 8.42 Å². The molecule has 2 rings (SSSR count). The lowest BCUT2D eigenvalue weighted by Crippen LogP contribution is -2.15. The third kappa shape index (κ3) is 4.19. The molecule has 23 heavy (non-hydrogen) atoms. The molecule has 9 heteroatoms. The van der Waals surface area contributed by atoms with E-state index >= 15 is 0 Å². The van der Waals surface area contributed by atoms with E-state index in [1.165, 1.54) is 6.07 Å². The summed E-state index contributed by atoms with van der Waals surface area (Å²) in [5, 5.41) is 0.154. The predicted octanol–water partition coefficient (Wildman–Crippen LogP) is 5.23. The maximum atomic E-state index is 12.9. The molecule has 3 nitrogen and oxygen atoms in total. The molecular weight excluding hydrogens is 419 g/mol. The van der Waals surface area contributed by atoms with Gasteiger partial charge in [0.1, 0.15) is 0 Å². The van der Waals surface area contributed by atoms with Crippen LogP contribution >= 0.6 is 27.5 Å². The Balaban J connectivity index is 2.44. The summed E-state index contributed by atoms with van der Waals surface area (Å²) in [6, 6.07) is 7.29. The fraction of sp³-hybridized carbons (Fsp3) is 0.143. The first kappa shape index (κ1) is 18.1. The SMILES string of the molecule is Cc1ccc(NS(=O)(=O)c2ccc(Br)c(C(F)(F)F)c2)c(Cl)c1. The van der Waals surface area contributed by atoms with E-state index in [9.17, 15) is 21.6 Å². The van der Waals surface area contributed by atoms with Gasteiger partial charge in [-0.15, -0.1) is 0 Å². The standard InChI is InChI=1S/C14H10BrClF3NO2S/c1-8-2-5-13(12(16)6-8)20-23(21,22)9-3-4-11(15)10(7-9)14(17,18)19/h2-7,20H,1H3. The zero-order valence-corrected chi connectivity index (χ0v) is 14.7. The van der Waals surface area contributed by atoms with E-state index in [2.05, 4.69) is 20.7 Å². The molecule has 2 aromatic rings. The number of anilines is 1. The van der Waals surface area contributed by atoms with Crippen molar-refractivity contribution in [2.24, 2.45) is 0 Å². The summed E-state index contributed by atoms with van der Waals surface area (Å²) < 4.78 is 65.2. The van der Waals surface area contributed by atoms with Gasteiger partial charge in [-0.3, -0.25) is 4.72 Å². The van der Waals surface area contributed by atoms with Crippen molar-refractivity contribution < 1.29 is 21.6 Å². The Bertz CT molecular complexity index is 854. The van der Waals surface area contributed by atoms with Gasteiger partial charge in [-0.1, -0.05) is 33.6 Å². The zero-order chi connectivity index (χ0) is 17.4. The number of alkyl halides is 3. The number of hydrogen-bond donors (Lipinski definition) is 1. The summed E-state index contributed by atoms with van der Waals surface area (Å²) in [6.45, 7) is 1.77. The Hall–Kier alpha value is -1.25. The summed E-state index contributed by atoms with van der Waals surface area (Å²) in [4.78, 5) is -0.510. The highest BCUT2D eigenvalue weighted by Gasteiger charge is 2.34. The summed E-state index contributed by atoms with van der Waals surface area (Å²) in [5.41, 5.74) is -0.162. The van der Waals surface area contributed by atoms with Crippen LogP contribution in [0.25, 0.3) is 0 Å². The average molecular weight is 429 g/mol. The van der Waals surface area contributed by atoms with Crippen molar-refractivity contribution in [2.75, 3.05) is 4.72 Å². The molecule has 2 aromatic carbocycles. The molecule has 0 aliphatic carbocycles. The van der Waals surface area contributed by atoms with Crippen LogP contribution in [0.3, 0.4) is 0 Å². The number of rotatable bonds is 3. The fourth-order valence-corrected chi connectivity index (χ4v) is 3.71. The molecule has 0 aliphatic rings. The van der Waals surface area contributed by atoms with Gasteiger partial charge in [-0.2, -0.15) is 13.2 Å². The third-order valence-corrected chi connectivity index (χ3v) is 5.29. The summed E-state index contributed by atoms with van der Waals surface area (Å²) in [7, 11) is -4.20. The van der Waals surface area contributed by atoms with Gasteiger partial charge >= 0.3 is 6.18 Å². The van der Waals surface area contributed by atoms with Gasteiger partial charge < -0.3 is 0 Å². The Morgan fingerprint density at radius 2 is 1.78 bits per heavy atom. The van der Waals surface area contributed by atoms with Gasteiger partial charge in [0, 0.05) is 4.47 Å². The fourth-order valence-electron chi connectivity index (χ4n) is 1.80. The van der Waals surface area contributed by atoms with Crippen molar-refractivity contribution in [2.45, 2.75) is 18.0 Å². The first-order valence-corrected chi connectivity index (χ1v) is 8.82. The molecular formula is C14H10BrClF3NO2S. The second kappa shape index (κ2) is 6.33. The van der Waals surface area contributed by atoms with Crippen LogP contribution in [0.1, 0.15) is 11.1 Å². The smallest absolute Gasteiger partial charge is 0.278 e.